The molecule has 0 aliphatic heterocycles. The van der Waals surface area contributed by atoms with Crippen molar-refractivity contribution in [1.29, 1.82) is 0 Å². The summed E-state index contributed by atoms with van der Waals surface area (Å²) in [5.74, 6) is -1.41. The first-order chi connectivity index (χ1) is 11.6. The van der Waals surface area contributed by atoms with Crippen LogP contribution in [0.4, 0.5) is 0 Å². The van der Waals surface area contributed by atoms with Crippen LogP contribution < -0.4 is 10.9 Å². The van der Waals surface area contributed by atoms with E-state index in [4.69, 9.17) is 8.83 Å². The Labute approximate surface area is 135 Å². The minimum atomic E-state index is -2.03. The Morgan fingerprint density at radius 3 is 1.67 bits per heavy atom. The van der Waals surface area contributed by atoms with Crippen molar-refractivity contribution >= 4 is 24.2 Å². The van der Waals surface area contributed by atoms with Crippen LogP contribution in [0.1, 0.15) is 11.5 Å². The normalized spacial score (nSPS) is 13.9. The van der Waals surface area contributed by atoms with Crippen molar-refractivity contribution in [2.75, 3.05) is 0 Å². The van der Waals surface area contributed by atoms with Gasteiger partial charge in [-0.2, -0.15) is 10.2 Å². The molecule has 2 aromatic rings. The maximum Gasteiger partial charge on any atom is 0.272 e. The third kappa shape index (κ3) is 4.90. The summed E-state index contributed by atoms with van der Waals surface area (Å²) in [5.41, 5.74) is 3.92. The maximum absolute atomic E-state index is 11.6. The number of hydrogen-bond donors (Lipinski definition) is 4. The van der Waals surface area contributed by atoms with E-state index >= 15 is 0 Å². The Morgan fingerprint density at radius 2 is 1.33 bits per heavy atom. The van der Waals surface area contributed by atoms with Crippen LogP contribution in [0.15, 0.2) is 55.8 Å². The standard InChI is InChI=1S/C14H14N4O6/c19-11(13(21)17-15-7-9-3-1-5-23-9)12(20)14(22)18-16-8-10-4-2-6-24-10/h1-8,11-12,19-20H,(H,17,21)(H,18,22)/b15-7-,16-8-/t11-,12-/m1/s1. The zero-order valence-electron chi connectivity index (χ0n) is 12.2. The quantitative estimate of drug-likeness (QED) is 0.384. The minimum Gasteiger partial charge on any atom is -0.463 e. The third-order valence-electron chi connectivity index (χ3n) is 2.66. The van der Waals surface area contributed by atoms with Crippen LogP contribution in [0.5, 0.6) is 0 Å². The van der Waals surface area contributed by atoms with E-state index in [-0.39, 0.29) is 0 Å². The third-order valence-corrected chi connectivity index (χ3v) is 2.66. The van der Waals surface area contributed by atoms with Crippen molar-refractivity contribution in [2.45, 2.75) is 12.2 Å². The fourth-order valence-electron chi connectivity index (χ4n) is 1.47. The van der Waals surface area contributed by atoms with E-state index in [1.807, 2.05) is 10.9 Å². The second-order valence-electron chi connectivity index (χ2n) is 4.39. The van der Waals surface area contributed by atoms with E-state index in [1.165, 1.54) is 25.0 Å². The summed E-state index contributed by atoms with van der Waals surface area (Å²) < 4.78 is 9.87. The lowest BCUT2D eigenvalue weighted by atomic mass is 10.2. The fourth-order valence-corrected chi connectivity index (χ4v) is 1.47. The number of rotatable bonds is 7. The summed E-state index contributed by atoms with van der Waals surface area (Å²) in [6.07, 6.45) is 1.13. The van der Waals surface area contributed by atoms with Crippen LogP contribution in [0.2, 0.25) is 0 Å². The molecule has 0 aliphatic rings. The van der Waals surface area contributed by atoms with Gasteiger partial charge in [0.25, 0.3) is 11.8 Å². The van der Waals surface area contributed by atoms with Gasteiger partial charge in [-0.15, -0.1) is 0 Å². The number of carbonyl (C=O) groups excluding carboxylic acids is 2. The monoisotopic (exact) mass is 334 g/mol. The first kappa shape index (κ1) is 17.1. The summed E-state index contributed by atoms with van der Waals surface area (Å²) in [4.78, 5) is 23.2. The number of nitrogens with one attached hydrogen (secondary N) is 2. The summed E-state index contributed by atoms with van der Waals surface area (Å²) in [7, 11) is 0. The number of nitrogens with zero attached hydrogens (tertiary/aromatic N) is 2. The number of hydrazone groups is 2. The molecule has 0 bridgehead atoms. The average molecular weight is 334 g/mol. The lowest BCUT2D eigenvalue weighted by Gasteiger charge is -2.14. The highest BCUT2D eigenvalue weighted by Gasteiger charge is 2.30. The summed E-state index contributed by atoms with van der Waals surface area (Å²) in [5, 5.41) is 26.2. The Hall–Kier alpha value is -3.24. The zero-order chi connectivity index (χ0) is 17.4. The topological polar surface area (TPSA) is 150 Å². The maximum atomic E-state index is 11.6. The molecule has 126 valence electrons. The second-order valence-corrected chi connectivity index (χ2v) is 4.39. The Morgan fingerprint density at radius 1 is 0.917 bits per heavy atom. The highest BCUT2D eigenvalue weighted by Crippen LogP contribution is 1.97. The van der Waals surface area contributed by atoms with Crippen LogP contribution in [0.3, 0.4) is 0 Å². The zero-order valence-corrected chi connectivity index (χ0v) is 12.2. The van der Waals surface area contributed by atoms with Gasteiger partial charge in [-0.1, -0.05) is 0 Å². The van der Waals surface area contributed by atoms with Gasteiger partial charge in [0, 0.05) is 0 Å². The van der Waals surface area contributed by atoms with Gasteiger partial charge in [0.2, 0.25) is 0 Å². The van der Waals surface area contributed by atoms with Crippen LogP contribution in [0, 0.1) is 0 Å². The van der Waals surface area contributed by atoms with E-state index in [9.17, 15) is 19.8 Å². The first-order valence-corrected chi connectivity index (χ1v) is 6.67. The number of furan rings is 2. The predicted molar refractivity (Wildman–Crippen MR) is 80.9 cm³/mol. The molecule has 0 aliphatic carbocycles. The van der Waals surface area contributed by atoms with Gasteiger partial charge in [-0.3, -0.25) is 9.59 Å². The van der Waals surface area contributed by atoms with E-state index in [0.717, 1.165) is 0 Å². The Bertz CT molecular complexity index is 645. The van der Waals surface area contributed by atoms with Gasteiger partial charge >= 0.3 is 0 Å². The van der Waals surface area contributed by atoms with E-state index in [2.05, 4.69) is 10.2 Å². The van der Waals surface area contributed by atoms with Gasteiger partial charge < -0.3 is 19.0 Å². The predicted octanol–water partition coefficient (Wildman–Crippen LogP) is -0.805. The Balaban J connectivity index is 1.80. The molecule has 4 N–H and O–H groups in total. The van der Waals surface area contributed by atoms with Gasteiger partial charge in [0.15, 0.2) is 12.2 Å². The summed E-state index contributed by atoms with van der Waals surface area (Å²) in [6.45, 7) is 0. The molecule has 2 amide bonds. The van der Waals surface area contributed by atoms with E-state index < -0.39 is 24.0 Å². The second kappa shape index (κ2) is 8.41. The SMILES string of the molecule is O=C(N/N=C\c1ccco1)[C@H](O)[C@@H](O)C(=O)N/N=C\c1ccco1. The lowest BCUT2D eigenvalue weighted by molar-refractivity contribution is -0.146. The molecule has 24 heavy (non-hydrogen) atoms. The average Bonchev–Trinajstić information content (AvgIpc) is 3.26. The van der Waals surface area contributed by atoms with Crippen LogP contribution in [-0.4, -0.2) is 46.7 Å². The molecular formula is C14H14N4O6. The molecule has 0 fully saturated rings. The van der Waals surface area contributed by atoms with Crippen molar-refractivity contribution in [3.05, 3.63) is 48.3 Å². The largest absolute Gasteiger partial charge is 0.463 e. The lowest BCUT2D eigenvalue weighted by Crippen LogP contribution is -2.47. The van der Waals surface area contributed by atoms with Crippen LogP contribution in [0.25, 0.3) is 0 Å². The molecule has 2 heterocycles. The Kier molecular flexibility index (Phi) is 6.00. The van der Waals surface area contributed by atoms with Crippen molar-refractivity contribution < 1.29 is 28.6 Å². The van der Waals surface area contributed by atoms with Gasteiger partial charge in [-0.05, 0) is 24.3 Å². The van der Waals surface area contributed by atoms with E-state index in [0.29, 0.717) is 11.5 Å². The summed E-state index contributed by atoms with van der Waals surface area (Å²) >= 11 is 0. The smallest absolute Gasteiger partial charge is 0.272 e. The molecule has 2 atom stereocenters. The van der Waals surface area contributed by atoms with Gasteiger partial charge in [0.1, 0.15) is 11.5 Å². The first-order valence-electron chi connectivity index (χ1n) is 6.67. The van der Waals surface area contributed by atoms with Crippen molar-refractivity contribution in [3.8, 4) is 0 Å². The number of amides is 2. The van der Waals surface area contributed by atoms with Crippen LogP contribution in [-0.2, 0) is 9.59 Å². The molecule has 2 aromatic heterocycles. The molecule has 0 saturated carbocycles. The number of aliphatic hydroxyl groups excluding tert-OH is 2. The molecule has 0 radical (unpaired) electrons. The molecule has 0 aromatic carbocycles. The van der Waals surface area contributed by atoms with Crippen molar-refractivity contribution in [2.24, 2.45) is 10.2 Å². The summed E-state index contributed by atoms with van der Waals surface area (Å²) in [6, 6.07) is 6.42. The highest BCUT2D eigenvalue weighted by atomic mass is 16.3. The highest BCUT2D eigenvalue weighted by molar-refractivity contribution is 5.91. The van der Waals surface area contributed by atoms with Gasteiger partial charge in [0.05, 0.1) is 25.0 Å². The molecular weight excluding hydrogens is 320 g/mol. The fraction of sp³-hybridized carbons (Fsp3) is 0.143. The van der Waals surface area contributed by atoms with Crippen molar-refractivity contribution in [1.82, 2.24) is 10.9 Å². The molecule has 10 heteroatoms. The number of aliphatic hydroxyl groups is 2. The van der Waals surface area contributed by atoms with Crippen LogP contribution >= 0.6 is 0 Å². The molecule has 10 nitrogen and oxygen atoms in total. The minimum absolute atomic E-state index is 0.371. The van der Waals surface area contributed by atoms with Gasteiger partial charge in [-0.25, -0.2) is 10.9 Å². The molecule has 0 unspecified atom stereocenters. The molecule has 0 spiro atoms. The van der Waals surface area contributed by atoms with Crippen molar-refractivity contribution in [3.63, 3.8) is 0 Å². The number of hydrogen-bond acceptors (Lipinski definition) is 8. The van der Waals surface area contributed by atoms with E-state index in [1.54, 1.807) is 24.3 Å². The number of carbonyl (C=O) groups is 2. The molecule has 0 saturated heterocycles. The molecule has 2 rings (SSSR count).